The molecular formula is C17H17ClN4O. The van der Waals surface area contributed by atoms with Crippen LogP contribution in [0.25, 0.3) is 22.4 Å². The fourth-order valence-electron chi connectivity index (χ4n) is 2.72. The number of nitrogens with one attached hydrogen (secondary N) is 1. The van der Waals surface area contributed by atoms with Crippen LogP contribution in [0.15, 0.2) is 36.5 Å². The van der Waals surface area contributed by atoms with Crippen LogP contribution in [0.4, 0.5) is 0 Å². The predicted molar refractivity (Wildman–Crippen MR) is 91.7 cm³/mol. The number of hydrogen-bond acceptors (Lipinski definition) is 3. The summed E-state index contributed by atoms with van der Waals surface area (Å²) in [5.41, 5.74) is 3.23. The summed E-state index contributed by atoms with van der Waals surface area (Å²) in [6.07, 6.45) is 1.66. The van der Waals surface area contributed by atoms with E-state index >= 15 is 0 Å². The van der Waals surface area contributed by atoms with Gasteiger partial charge in [-0.15, -0.1) is 0 Å². The van der Waals surface area contributed by atoms with Gasteiger partial charge in [0.15, 0.2) is 0 Å². The van der Waals surface area contributed by atoms with Gasteiger partial charge in [0.1, 0.15) is 11.0 Å². The van der Waals surface area contributed by atoms with Gasteiger partial charge in [-0.1, -0.05) is 31.5 Å². The largest absolute Gasteiger partial charge is 0.350 e. The summed E-state index contributed by atoms with van der Waals surface area (Å²) in [7, 11) is 0. The predicted octanol–water partition coefficient (Wildman–Crippen LogP) is 3.52. The fourth-order valence-corrected chi connectivity index (χ4v) is 2.90. The van der Waals surface area contributed by atoms with Crippen molar-refractivity contribution in [2.24, 2.45) is 0 Å². The molecule has 0 bridgehead atoms. The molecule has 0 unspecified atom stereocenters. The van der Waals surface area contributed by atoms with E-state index in [0.717, 1.165) is 22.4 Å². The Morgan fingerprint density at radius 2 is 2.09 bits per heavy atom. The maximum absolute atomic E-state index is 12.1. The molecule has 0 saturated heterocycles. The van der Waals surface area contributed by atoms with Crippen LogP contribution in [0.2, 0.25) is 5.15 Å². The molecule has 2 aromatic heterocycles. The molecule has 1 amide bonds. The normalized spacial score (nSPS) is 13.1. The van der Waals surface area contributed by atoms with E-state index in [1.807, 2.05) is 38.1 Å². The lowest BCUT2D eigenvalue weighted by atomic mass is 10.2. The standard InChI is InChI=1S/C15H11ClN4O.C2H6/c16-12-8-9(4-5-17-12)14-19-11-3-1-2-10-13(11)20(14)7-6-18-15(10)21;1-2/h1-5,8H,6-7H2,(H,18,21);1-2H3. The smallest absolute Gasteiger partial charge is 0.253 e. The zero-order chi connectivity index (χ0) is 16.4. The molecule has 1 aliphatic rings. The number of para-hydroxylation sites is 1. The molecule has 6 heteroatoms. The second kappa shape index (κ2) is 6.38. The van der Waals surface area contributed by atoms with E-state index in [2.05, 4.69) is 19.9 Å². The Hall–Kier alpha value is -2.40. The lowest BCUT2D eigenvalue weighted by molar-refractivity contribution is 0.0956. The van der Waals surface area contributed by atoms with Crippen LogP contribution in [0.3, 0.4) is 0 Å². The van der Waals surface area contributed by atoms with Gasteiger partial charge in [-0.2, -0.15) is 0 Å². The third kappa shape index (κ3) is 2.68. The van der Waals surface area contributed by atoms with E-state index in [1.165, 1.54) is 0 Å². The molecule has 0 saturated carbocycles. The lowest BCUT2D eigenvalue weighted by Crippen LogP contribution is -2.24. The van der Waals surface area contributed by atoms with Gasteiger partial charge in [-0.05, 0) is 24.3 Å². The number of nitrogens with zero attached hydrogens (tertiary/aromatic N) is 3. The molecule has 0 atom stereocenters. The Kier molecular flexibility index (Phi) is 4.30. The van der Waals surface area contributed by atoms with Crippen LogP contribution >= 0.6 is 11.6 Å². The van der Waals surface area contributed by atoms with Gasteiger partial charge >= 0.3 is 0 Å². The van der Waals surface area contributed by atoms with Crippen molar-refractivity contribution >= 4 is 28.5 Å². The van der Waals surface area contributed by atoms with Crippen molar-refractivity contribution in [3.63, 3.8) is 0 Å². The number of carbonyl (C=O) groups is 1. The Balaban J connectivity index is 0.000000753. The molecule has 3 aromatic rings. The summed E-state index contributed by atoms with van der Waals surface area (Å²) in [6, 6.07) is 9.25. The number of carbonyl (C=O) groups excluding carboxylic acids is 1. The Bertz CT molecular complexity index is 872. The van der Waals surface area contributed by atoms with E-state index in [0.29, 0.717) is 23.8 Å². The molecule has 5 nitrogen and oxygen atoms in total. The van der Waals surface area contributed by atoms with Crippen LogP contribution in [-0.4, -0.2) is 27.0 Å². The fraction of sp³-hybridized carbons (Fsp3) is 0.235. The molecule has 118 valence electrons. The highest BCUT2D eigenvalue weighted by Crippen LogP contribution is 2.28. The molecule has 0 radical (unpaired) electrons. The van der Waals surface area contributed by atoms with Crippen LogP contribution in [0.5, 0.6) is 0 Å². The number of rotatable bonds is 1. The number of aromatic nitrogens is 3. The molecule has 3 heterocycles. The first-order valence-corrected chi connectivity index (χ1v) is 8.01. The molecule has 0 fully saturated rings. The Morgan fingerprint density at radius 3 is 2.87 bits per heavy atom. The van der Waals surface area contributed by atoms with Gasteiger partial charge in [0.25, 0.3) is 5.91 Å². The highest BCUT2D eigenvalue weighted by atomic mass is 35.5. The zero-order valence-electron chi connectivity index (χ0n) is 13.0. The van der Waals surface area contributed by atoms with Gasteiger partial charge in [-0.3, -0.25) is 4.79 Å². The van der Waals surface area contributed by atoms with Crippen LogP contribution in [0, 0.1) is 0 Å². The van der Waals surface area contributed by atoms with Crippen molar-refractivity contribution in [2.45, 2.75) is 20.4 Å². The highest BCUT2D eigenvalue weighted by molar-refractivity contribution is 6.29. The minimum absolute atomic E-state index is 0.0569. The van der Waals surface area contributed by atoms with Crippen molar-refractivity contribution in [1.29, 1.82) is 0 Å². The second-order valence-corrected chi connectivity index (χ2v) is 5.27. The van der Waals surface area contributed by atoms with E-state index in [9.17, 15) is 4.79 Å². The van der Waals surface area contributed by atoms with Crippen LogP contribution in [0.1, 0.15) is 24.2 Å². The monoisotopic (exact) mass is 328 g/mol. The minimum atomic E-state index is -0.0569. The van der Waals surface area contributed by atoms with Gasteiger partial charge in [0.05, 0.1) is 16.6 Å². The van der Waals surface area contributed by atoms with Gasteiger partial charge in [0, 0.05) is 24.8 Å². The minimum Gasteiger partial charge on any atom is -0.350 e. The molecule has 0 aliphatic carbocycles. The summed E-state index contributed by atoms with van der Waals surface area (Å²) in [5, 5.41) is 3.33. The maximum atomic E-state index is 12.1. The number of halogens is 1. The molecule has 23 heavy (non-hydrogen) atoms. The van der Waals surface area contributed by atoms with Gasteiger partial charge < -0.3 is 9.88 Å². The summed E-state index contributed by atoms with van der Waals surface area (Å²) < 4.78 is 2.06. The summed E-state index contributed by atoms with van der Waals surface area (Å²) >= 11 is 5.98. The molecule has 1 N–H and O–H groups in total. The van der Waals surface area contributed by atoms with E-state index < -0.39 is 0 Å². The summed E-state index contributed by atoms with van der Waals surface area (Å²) in [6.45, 7) is 5.25. The van der Waals surface area contributed by atoms with Crippen molar-refractivity contribution < 1.29 is 4.79 Å². The summed E-state index contributed by atoms with van der Waals surface area (Å²) in [4.78, 5) is 20.8. The topological polar surface area (TPSA) is 59.8 Å². The first-order chi connectivity index (χ1) is 11.2. The quantitative estimate of drug-likeness (QED) is 0.695. The maximum Gasteiger partial charge on any atom is 0.253 e. The third-order valence-electron chi connectivity index (χ3n) is 3.62. The number of amides is 1. The van der Waals surface area contributed by atoms with Crippen molar-refractivity contribution in [3.8, 4) is 11.4 Å². The molecule has 0 spiro atoms. The van der Waals surface area contributed by atoms with Crippen molar-refractivity contribution in [3.05, 3.63) is 47.2 Å². The first kappa shape index (κ1) is 15.5. The van der Waals surface area contributed by atoms with Gasteiger partial charge in [-0.25, -0.2) is 9.97 Å². The zero-order valence-corrected chi connectivity index (χ0v) is 13.8. The van der Waals surface area contributed by atoms with Crippen molar-refractivity contribution in [1.82, 2.24) is 19.9 Å². The molecule has 4 rings (SSSR count). The average Bonchev–Trinajstić information content (AvgIpc) is 2.86. The van der Waals surface area contributed by atoms with Crippen molar-refractivity contribution in [2.75, 3.05) is 6.54 Å². The number of pyridine rings is 1. The molecular weight excluding hydrogens is 312 g/mol. The average molecular weight is 329 g/mol. The first-order valence-electron chi connectivity index (χ1n) is 7.63. The van der Waals surface area contributed by atoms with Crippen LogP contribution in [-0.2, 0) is 6.54 Å². The number of imidazole rings is 1. The molecule has 1 aromatic carbocycles. The van der Waals surface area contributed by atoms with Gasteiger partial charge in [0.2, 0.25) is 0 Å². The Morgan fingerprint density at radius 1 is 1.26 bits per heavy atom. The Labute approximate surface area is 139 Å². The lowest BCUT2D eigenvalue weighted by Gasteiger charge is -2.07. The third-order valence-corrected chi connectivity index (χ3v) is 3.82. The molecule has 1 aliphatic heterocycles. The second-order valence-electron chi connectivity index (χ2n) is 4.88. The van der Waals surface area contributed by atoms with E-state index in [4.69, 9.17) is 11.6 Å². The van der Waals surface area contributed by atoms with E-state index in [-0.39, 0.29) is 5.91 Å². The SMILES string of the molecule is CC.O=C1NCCn2c(-c3ccnc(Cl)c3)nc3cccc1c32. The number of hydrogen-bond donors (Lipinski definition) is 1. The summed E-state index contributed by atoms with van der Waals surface area (Å²) in [5.74, 6) is 0.747. The van der Waals surface area contributed by atoms with E-state index in [1.54, 1.807) is 12.3 Å². The van der Waals surface area contributed by atoms with Crippen LogP contribution < -0.4 is 5.32 Å². The number of benzene rings is 1. The highest BCUT2D eigenvalue weighted by Gasteiger charge is 2.21.